The van der Waals surface area contributed by atoms with Gasteiger partial charge in [0, 0.05) is 23.7 Å². The Morgan fingerprint density at radius 1 is 1.07 bits per heavy atom. The molecule has 4 aliphatic carbocycles. The second-order valence-electron chi connectivity index (χ2n) is 11.7. The summed E-state index contributed by atoms with van der Waals surface area (Å²) >= 11 is 0. The second-order valence-corrected chi connectivity index (χ2v) is 11.7. The summed E-state index contributed by atoms with van der Waals surface area (Å²) in [6.45, 7) is 7.68. The van der Waals surface area contributed by atoms with E-state index in [4.69, 9.17) is 9.47 Å². The molecule has 1 unspecified atom stereocenters. The van der Waals surface area contributed by atoms with Crippen molar-refractivity contribution in [1.82, 2.24) is 0 Å². The summed E-state index contributed by atoms with van der Waals surface area (Å²) < 4.78 is 12.4. The summed E-state index contributed by atoms with van der Waals surface area (Å²) in [5, 5.41) is 22.5. The number of allylic oxidation sites excluding steroid dienone is 1. The molecule has 3 saturated carbocycles. The number of hydrogen-bond donors (Lipinski definition) is 2. The van der Waals surface area contributed by atoms with Crippen molar-refractivity contribution >= 4 is 6.29 Å². The normalized spacial score (nSPS) is 50.2. The molecule has 5 heteroatoms. The summed E-state index contributed by atoms with van der Waals surface area (Å²) in [5.41, 5.74) is -0.934. The number of fused-ring (bicyclic) bond motifs is 5. The van der Waals surface area contributed by atoms with Crippen LogP contribution in [0.1, 0.15) is 72.1 Å². The van der Waals surface area contributed by atoms with Crippen LogP contribution in [0.2, 0.25) is 0 Å². The monoisotopic (exact) mass is 404 g/mol. The Morgan fingerprint density at radius 3 is 2.48 bits per heavy atom. The maximum atomic E-state index is 12.7. The van der Waals surface area contributed by atoms with Crippen LogP contribution >= 0.6 is 0 Å². The van der Waals surface area contributed by atoms with Crippen LogP contribution in [0.3, 0.4) is 0 Å². The first-order valence-corrected chi connectivity index (χ1v) is 11.4. The summed E-state index contributed by atoms with van der Waals surface area (Å²) in [4.78, 5) is 12.7. The Hall–Kier alpha value is -0.750. The fourth-order valence-corrected chi connectivity index (χ4v) is 7.41. The van der Waals surface area contributed by atoms with E-state index < -0.39 is 16.8 Å². The fourth-order valence-electron chi connectivity index (χ4n) is 7.41. The fraction of sp³-hybridized carbons (Fsp3) is 0.875. The summed E-state index contributed by atoms with van der Waals surface area (Å²) in [6, 6.07) is 0. The molecule has 0 bridgehead atoms. The van der Waals surface area contributed by atoms with Crippen molar-refractivity contribution in [3.05, 3.63) is 11.6 Å². The zero-order chi connectivity index (χ0) is 20.7. The molecule has 29 heavy (non-hydrogen) atoms. The number of aldehydes is 1. The van der Waals surface area contributed by atoms with E-state index >= 15 is 0 Å². The van der Waals surface area contributed by atoms with Gasteiger partial charge in [-0.2, -0.15) is 0 Å². The summed E-state index contributed by atoms with van der Waals surface area (Å²) in [5.74, 6) is -0.0769. The Morgan fingerprint density at radius 2 is 1.79 bits per heavy atom. The van der Waals surface area contributed by atoms with E-state index in [-0.39, 0.29) is 22.9 Å². The van der Waals surface area contributed by atoms with Crippen LogP contribution < -0.4 is 0 Å². The number of aliphatic hydroxyl groups is 2. The number of aliphatic hydroxyl groups excluding tert-OH is 1. The van der Waals surface area contributed by atoms with Crippen LogP contribution in [0.25, 0.3) is 0 Å². The first-order valence-electron chi connectivity index (χ1n) is 11.4. The highest BCUT2D eigenvalue weighted by molar-refractivity contribution is 5.70. The Balaban J connectivity index is 1.48. The standard InChI is InChI=1S/C24H36O5/c1-20(2)14-28-24(29-15-20)11-10-22(13-25)18-7-8-21(3)17(4-5-19(21)26)16(18)6-9-23(22,27)12-24/h7,13,16-17,19,26-27H,4-6,8-12,14-15H2,1-3H3/t16?,17-,19-,21-,22-,23+/m0/s1. The van der Waals surface area contributed by atoms with Crippen molar-refractivity contribution in [2.24, 2.45) is 28.1 Å². The number of carbonyl (C=O) groups is 1. The number of ether oxygens (including phenoxy) is 2. The molecule has 0 amide bonds. The lowest BCUT2D eigenvalue weighted by Gasteiger charge is -2.61. The third-order valence-corrected chi connectivity index (χ3v) is 9.34. The topological polar surface area (TPSA) is 76.0 Å². The summed E-state index contributed by atoms with van der Waals surface area (Å²) in [6.07, 6.45) is 8.67. The molecule has 4 fully saturated rings. The van der Waals surface area contributed by atoms with Crippen molar-refractivity contribution < 1.29 is 24.5 Å². The predicted molar refractivity (Wildman–Crippen MR) is 108 cm³/mol. The van der Waals surface area contributed by atoms with Crippen LogP contribution in [0.15, 0.2) is 11.6 Å². The van der Waals surface area contributed by atoms with E-state index in [1.807, 2.05) is 0 Å². The molecular formula is C24H36O5. The minimum absolute atomic E-state index is 0.0234. The van der Waals surface area contributed by atoms with E-state index in [0.29, 0.717) is 44.8 Å². The Kier molecular flexibility index (Phi) is 4.28. The molecule has 5 nitrogen and oxygen atoms in total. The SMILES string of the molecule is CC1(C)COC2(CC[C@]3(C=O)C4=CC[C@]5(C)[C@@H](O)CC[C@H]5C4CC[C@@]3(O)C2)OC1. The highest BCUT2D eigenvalue weighted by atomic mass is 16.7. The van der Waals surface area contributed by atoms with Gasteiger partial charge in [0.05, 0.1) is 30.3 Å². The predicted octanol–water partition coefficient (Wildman–Crippen LogP) is 3.37. The third kappa shape index (κ3) is 2.63. The van der Waals surface area contributed by atoms with Gasteiger partial charge in [-0.3, -0.25) is 0 Å². The van der Waals surface area contributed by atoms with Gasteiger partial charge >= 0.3 is 0 Å². The van der Waals surface area contributed by atoms with Crippen LogP contribution in [0.5, 0.6) is 0 Å². The maximum absolute atomic E-state index is 12.7. The second kappa shape index (κ2) is 6.15. The van der Waals surface area contributed by atoms with Crippen LogP contribution in [0, 0.1) is 28.1 Å². The molecule has 5 rings (SSSR count). The molecule has 2 N–H and O–H groups in total. The van der Waals surface area contributed by atoms with Crippen molar-refractivity contribution in [2.75, 3.05) is 13.2 Å². The quantitative estimate of drug-likeness (QED) is 0.518. The van der Waals surface area contributed by atoms with Gasteiger partial charge < -0.3 is 24.5 Å². The number of carbonyl (C=O) groups excluding carboxylic acids is 1. The molecule has 0 aromatic rings. The van der Waals surface area contributed by atoms with Crippen molar-refractivity contribution in [2.45, 2.75) is 89.6 Å². The average Bonchev–Trinajstić information content (AvgIpc) is 2.99. The van der Waals surface area contributed by atoms with Gasteiger partial charge in [0.2, 0.25) is 0 Å². The minimum atomic E-state index is -1.12. The van der Waals surface area contributed by atoms with Gasteiger partial charge in [0.15, 0.2) is 5.79 Å². The lowest BCUT2D eigenvalue weighted by atomic mass is 9.47. The lowest BCUT2D eigenvalue weighted by Crippen LogP contribution is -2.65. The van der Waals surface area contributed by atoms with Gasteiger partial charge in [-0.15, -0.1) is 0 Å². The zero-order valence-electron chi connectivity index (χ0n) is 18.1. The van der Waals surface area contributed by atoms with E-state index in [9.17, 15) is 15.0 Å². The largest absolute Gasteiger partial charge is 0.393 e. The van der Waals surface area contributed by atoms with E-state index in [1.54, 1.807) is 0 Å². The smallest absolute Gasteiger partial charge is 0.171 e. The first kappa shape index (κ1) is 20.2. The molecule has 0 radical (unpaired) electrons. The van der Waals surface area contributed by atoms with Gasteiger partial charge in [0.1, 0.15) is 6.29 Å². The van der Waals surface area contributed by atoms with Crippen molar-refractivity contribution in [3.63, 3.8) is 0 Å². The molecule has 1 saturated heterocycles. The van der Waals surface area contributed by atoms with Gasteiger partial charge in [-0.1, -0.05) is 32.4 Å². The van der Waals surface area contributed by atoms with E-state index in [0.717, 1.165) is 37.5 Å². The molecule has 0 aromatic carbocycles. The summed E-state index contributed by atoms with van der Waals surface area (Å²) in [7, 11) is 0. The highest BCUT2D eigenvalue weighted by Gasteiger charge is 2.67. The zero-order valence-corrected chi connectivity index (χ0v) is 18.1. The number of rotatable bonds is 1. The molecule has 1 spiro atoms. The lowest BCUT2D eigenvalue weighted by molar-refractivity contribution is -0.339. The molecule has 1 heterocycles. The van der Waals surface area contributed by atoms with E-state index in [1.165, 1.54) is 0 Å². The van der Waals surface area contributed by atoms with E-state index in [2.05, 4.69) is 26.8 Å². The average molecular weight is 405 g/mol. The molecule has 1 aliphatic heterocycles. The Labute approximate surface area is 173 Å². The Bertz CT molecular complexity index is 734. The maximum Gasteiger partial charge on any atom is 0.171 e. The molecular weight excluding hydrogens is 368 g/mol. The van der Waals surface area contributed by atoms with Crippen LogP contribution in [-0.2, 0) is 14.3 Å². The first-order chi connectivity index (χ1) is 13.6. The minimum Gasteiger partial charge on any atom is -0.393 e. The van der Waals surface area contributed by atoms with Gasteiger partial charge in [0.25, 0.3) is 0 Å². The molecule has 5 aliphatic rings. The van der Waals surface area contributed by atoms with Crippen molar-refractivity contribution in [3.8, 4) is 0 Å². The molecule has 162 valence electrons. The third-order valence-electron chi connectivity index (χ3n) is 9.34. The van der Waals surface area contributed by atoms with Gasteiger partial charge in [-0.25, -0.2) is 0 Å². The van der Waals surface area contributed by atoms with Crippen molar-refractivity contribution in [1.29, 1.82) is 0 Å². The van der Waals surface area contributed by atoms with Crippen LogP contribution in [-0.4, -0.2) is 47.2 Å². The van der Waals surface area contributed by atoms with Crippen LogP contribution in [0.4, 0.5) is 0 Å². The number of hydrogen-bond acceptors (Lipinski definition) is 5. The van der Waals surface area contributed by atoms with Gasteiger partial charge in [-0.05, 0) is 50.4 Å². The highest BCUT2D eigenvalue weighted by Crippen LogP contribution is 2.66. The molecule has 0 aromatic heterocycles. The molecule has 6 atom stereocenters.